The highest BCUT2D eigenvalue weighted by Crippen LogP contribution is 2.21. The van der Waals surface area contributed by atoms with Gasteiger partial charge in [0.1, 0.15) is 5.82 Å². The second-order valence-corrected chi connectivity index (χ2v) is 7.43. The fourth-order valence-corrected chi connectivity index (χ4v) is 3.81. The number of sulfone groups is 1. The number of sulfonamides is 1. The lowest BCUT2D eigenvalue weighted by atomic mass is 10.3. The van der Waals surface area contributed by atoms with E-state index in [-0.39, 0.29) is 0 Å². The molecule has 0 aromatic heterocycles. The molecule has 1 aromatic carbocycles. The van der Waals surface area contributed by atoms with Crippen LogP contribution in [0, 0.1) is 15.9 Å². The average Bonchev–Trinajstić information content (AvgIpc) is 2.25. The molecule has 0 saturated heterocycles. The Morgan fingerprint density at radius 3 is 2.21 bits per heavy atom. The van der Waals surface area contributed by atoms with E-state index in [1.54, 1.807) is 0 Å². The van der Waals surface area contributed by atoms with E-state index in [1.165, 1.54) is 0 Å². The maximum absolute atomic E-state index is 13.1. The van der Waals surface area contributed by atoms with Crippen molar-refractivity contribution in [3.63, 3.8) is 0 Å². The fraction of sp³-hybridized carbons (Fsp3) is 0.250. The van der Waals surface area contributed by atoms with Gasteiger partial charge in [-0.25, -0.2) is 26.4 Å². The van der Waals surface area contributed by atoms with Gasteiger partial charge in [-0.3, -0.25) is 10.1 Å². The summed E-state index contributed by atoms with van der Waals surface area (Å²) in [5, 5.41) is 15.1. The molecular weight excluding hydrogens is 303 g/mol. The maximum atomic E-state index is 13.1. The normalized spacial score (nSPS) is 12.3. The Hall–Kier alpha value is -1.59. The van der Waals surface area contributed by atoms with Crippen LogP contribution in [0.15, 0.2) is 23.1 Å². The second-order valence-electron chi connectivity index (χ2n) is 3.59. The molecule has 0 aliphatic heterocycles. The van der Waals surface area contributed by atoms with Crippen LogP contribution in [0.2, 0.25) is 0 Å². The van der Waals surface area contributed by atoms with Crippen molar-refractivity contribution in [1.29, 1.82) is 0 Å². The molecule has 0 atom stereocenters. The fourth-order valence-electron chi connectivity index (χ4n) is 1.18. The largest absolute Gasteiger partial charge is 0.273 e. The second kappa shape index (κ2) is 5.19. The molecule has 106 valence electrons. The molecule has 0 bridgehead atoms. The molecule has 19 heavy (non-hydrogen) atoms. The number of rotatable bonds is 5. The van der Waals surface area contributed by atoms with Crippen LogP contribution < -0.4 is 5.14 Å². The maximum Gasteiger partial charge on any atom is 0.273 e. The van der Waals surface area contributed by atoms with Crippen molar-refractivity contribution in [3.05, 3.63) is 34.1 Å². The van der Waals surface area contributed by atoms with Crippen LogP contribution in [-0.2, 0) is 19.9 Å². The highest BCUT2D eigenvalue weighted by Gasteiger charge is 2.21. The van der Waals surface area contributed by atoms with E-state index in [9.17, 15) is 31.3 Å². The van der Waals surface area contributed by atoms with E-state index in [2.05, 4.69) is 5.14 Å². The van der Waals surface area contributed by atoms with Gasteiger partial charge in [-0.15, -0.1) is 0 Å². The Balaban J connectivity index is 3.18. The minimum absolute atomic E-state index is 0.554. The Bertz CT molecular complexity index is 713. The lowest BCUT2D eigenvalue weighted by Gasteiger charge is -2.04. The average molecular weight is 312 g/mol. The number of nitro benzene ring substituents is 1. The number of non-ortho nitro benzene ring substituents is 1. The molecule has 0 aliphatic rings. The first-order valence-corrected chi connectivity index (χ1v) is 8.06. The number of benzene rings is 1. The molecule has 1 rings (SSSR count). The molecule has 2 N–H and O–H groups in total. The number of nitrogens with zero attached hydrogens (tertiary/aromatic N) is 1. The summed E-state index contributed by atoms with van der Waals surface area (Å²) in [5.41, 5.74) is -0.741. The summed E-state index contributed by atoms with van der Waals surface area (Å²) in [6, 6.07) is 1.78. The number of hydrogen-bond acceptors (Lipinski definition) is 6. The SMILES string of the molecule is NS(=O)(=O)CCS(=O)(=O)c1cc(F)cc([N+](=O)[O-])c1. The number of halogens is 1. The molecular formula is C8H9FN2O6S2. The highest BCUT2D eigenvalue weighted by molar-refractivity contribution is 7.94. The van der Waals surface area contributed by atoms with Gasteiger partial charge in [-0.2, -0.15) is 0 Å². The zero-order chi connectivity index (χ0) is 14.8. The minimum Gasteiger partial charge on any atom is -0.258 e. The third-order valence-electron chi connectivity index (χ3n) is 2.06. The molecule has 0 unspecified atom stereocenters. The summed E-state index contributed by atoms with van der Waals surface area (Å²) in [4.78, 5) is 8.86. The summed E-state index contributed by atoms with van der Waals surface area (Å²) in [6.45, 7) is 0. The van der Waals surface area contributed by atoms with Gasteiger partial charge >= 0.3 is 0 Å². The Morgan fingerprint density at radius 1 is 1.16 bits per heavy atom. The van der Waals surface area contributed by atoms with Crippen molar-refractivity contribution >= 4 is 25.5 Å². The van der Waals surface area contributed by atoms with Gasteiger partial charge in [0.15, 0.2) is 9.84 Å². The number of nitro groups is 1. The quantitative estimate of drug-likeness (QED) is 0.590. The molecule has 0 amide bonds. The van der Waals surface area contributed by atoms with Crippen molar-refractivity contribution in [3.8, 4) is 0 Å². The molecule has 8 nitrogen and oxygen atoms in total. The zero-order valence-corrected chi connectivity index (χ0v) is 10.9. The van der Waals surface area contributed by atoms with Crippen LogP contribution in [0.25, 0.3) is 0 Å². The monoisotopic (exact) mass is 312 g/mol. The van der Waals surface area contributed by atoms with E-state index in [0.29, 0.717) is 18.2 Å². The van der Waals surface area contributed by atoms with E-state index in [0.717, 1.165) is 0 Å². The first-order valence-electron chi connectivity index (χ1n) is 4.69. The minimum atomic E-state index is -4.18. The molecule has 1 aromatic rings. The van der Waals surface area contributed by atoms with Gasteiger partial charge in [-0.1, -0.05) is 0 Å². The summed E-state index contributed by atoms with van der Waals surface area (Å²) in [7, 11) is -8.18. The predicted molar refractivity (Wildman–Crippen MR) is 63.1 cm³/mol. The molecule has 0 radical (unpaired) electrons. The molecule has 0 fully saturated rings. The van der Waals surface area contributed by atoms with E-state index in [4.69, 9.17) is 0 Å². The number of hydrogen-bond donors (Lipinski definition) is 1. The lowest BCUT2D eigenvalue weighted by Crippen LogP contribution is -2.23. The highest BCUT2D eigenvalue weighted by atomic mass is 32.2. The summed E-state index contributed by atoms with van der Waals surface area (Å²) in [5.74, 6) is -2.85. The van der Waals surface area contributed by atoms with E-state index in [1.807, 2.05) is 0 Å². The first-order chi connectivity index (χ1) is 8.51. The smallest absolute Gasteiger partial charge is 0.258 e. The first kappa shape index (κ1) is 15.5. The van der Waals surface area contributed by atoms with Crippen LogP contribution >= 0.6 is 0 Å². The van der Waals surface area contributed by atoms with Crippen LogP contribution in [0.3, 0.4) is 0 Å². The van der Waals surface area contributed by atoms with Crippen LogP contribution in [0.4, 0.5) is 10.1 Å². The molecule has 0 heterocycles. The molecule has 11 heteroatoms. The topological polar surface area (TPSA) is 137 Å². The Labute approximate surface area is 108 Å². The third kappa shape index (κ3) is 4.54. The molecule has 0 aliphatic carbocycles. The summed E-state index contributed by atoms with van der Waals surface area (Å²) < 4.78 is 57.8. The van der Waals surface area contributed by atoms with Crippen molar-refractivity contribution < 1.29 is 26.1 Å². The zero-order valence-electron chi connectivity index (χ0n) is 9.31. The van der Waals surface area contributed by atoms with Gasteiger partial charge in [0.05, 0.1) is 27.4 Å². The Kier molecular flexibility index (Phi) is 4.22. The van der Waals surface area contributed by atoms with Crippen molar-refractivity contribution in [1.82, 2.24) is 0 Å². The third-order valence-corrected chi connectivity index (χ3v) is 4.79. The van der Waals surface area contributed by atoms with E-state index >= 15 is 0 Å². The number of nitrogens with two attached hydrogens (primary N) is 1. The predicted octanol–water partition coefficient (Wildman–Crippen LogP) is -0.204. The molecule has 0 spiro atoms. The van der Waals surface area contributed by atoms with Crippen molar-refractivity contribution in [2.45, 2.75) is 4.90 Å². The van der Waals surface area contributed by atoms with Gasteiger partial charge in [0.25, 0.3) is 5.69 Å². The van der Waals surface area contributed by atoms with Gasteiger partial charge < -0.3 is 0 Å². The Morgan fingerprint density at radius 2 is 1.74 bits per heavy atom. The van der Waals surface area contributed by atoms with Gasteiger partial charge in [-0.05, 0) is 6.07 Å². The van der Waals surface area contributed by atoms with Crippen molar-refractivity contribution in [2.24, 2.45) is 5.14 Å². The van der Waals surface area contributed by atoms with Crippen LogP contribution in [0.1, 0.15) is 0 Å². The summed E-state index contributed by atoms with van der Waals surface area (Å²) >= 11 is 0. The number of primary sulfonamides is 1. The van der Waals surface area contributed by atoms with E-state index < -0.39 is 52.7 Å². The standard InChI is InChI=1S/C8H9FN2O6S2/c9-6-3-7(11(12)13)5-8(4-6)18(14,15)1-2-19(10,16)17/h3-5H,1-2H2,(H2,10,16,17). The van der Waals surface area contributed by atoms with Gasteiger partial charge in [0.2, 0.25) is 10.0 Å². The summed E-state index contributed by atoms with van der Waals surface area (Å²) in [6.07, 6.45) is 0. The lowest BCUT2D eigenvalue weighted by molar-refractivity contribution is -0.385. The van der Waals surface area contributed by atoms with Crippen molar-refractivity contribution in [2.75, 3.05) is 11.5 Å². The van der Waals surface area contributed by atoms with Gasteiger partial charge in [0, 0.05) is 6.07 Å². The van der Waals surface area contributed by atoms with Crippen LogP contribution in [-0.4, -0.2) is 33.3 Å². The van der Waals surface area contributed by atoms with Crippen LogP contribution in [0.5, 0.6) is 0 Å². The molecule has 0 saturated carbocycles.